The number of alkyl halides is 3. The Balaban J connectivity index is 1.93. The summed E-state index contributed by atoms with van der Waals surface area (Å²) in [6.45, 7) is 1.48. The van der Waals surface area contributed by atoms with E-state index in [0.717, 1.165) is 12.1 Å². The van der Waals surface area contributed by atoms with Gasteiger partial charge < -0.3 is 10.4 Å². The highest BCUT2D eigenvalue weighted by Gasteiger charge is 2.30. The number of rotatable bonds is 5. The molecule has 0 saturated heterocycles. The summed E-state index contributed by atoms with van der Waals surface area (Å²) in [6, 6.07) is 9.87. The van der Waals surface area contributed by atoms with Crippen LogP contribution in [0.25, 0.3) is 0 Å². The minimum absolute atomic E-state index is 0.00595. The number of phenols is 1. The van der Waals surface area contributed by atoms with E-state index in [1.165, 1.54) is 43.3 Å². The molecule has 0 unspecified atom stereocenters. The number of hydrazone groups is 1. The zero-order valence-corrected chi connectivity index (χ0v) is 14.2. The summed E-state index contributed by atoms with van der Waals surface area (Å²) in [5.74, 6) is -1.24. The van der Waals surface area contributed by atoms with E-state index in [4.69, 9.17) is 0 Å². The molecule has 3 N–H and O–H groups in total. The molecule has 2 amide bonds. The zero-order chi connectivity index (χ0) is 20.0. The minimum Gasteiger partial charge on any atom is -0.508 e. The van der Waals surface area contributed by atoms with Crippen LogP contribution in [0.3, 0.4) is 0 Å². The lowest BCUT2D eigenvalue weighted by atomic mass is 10.2. The van der Waals surface area contributed by atoms with Gasteiger partial charge in [-0.1, -0.05) is 12.1 Å². The van der Waals surface area contributed by atoms with Gasteiger partial charge in [-0.05, 0) is 43.3 Å². The van der Waals surface area contributed by atoms with Gasteiger partial charge in [0.2, 0.25) is 5.91 Å². The number of amides is 2. The highest BCUT2D eigenvalue weighted by atomic mass is 19.4. The Morgan fingerprint density at radius 2 is 1.81 bits per heavy atom. The van der Waals surface area contributed by atoms with Gasteiger partial charge in [0.05, 0.1) is 12.0 Å². The Morgan fingerprint density at radius 1 is 1.11 bits per heavy atom. The van der Waals surface area contributed by atoms with Crippen molar-refractivity contribution in [3.63, 3.8) is 0 Å². The minimum atomic E-state index is -4.51. The fourth-order valence-electron chi connectivity index (χ4n) is 2.11. The molecular formula is C18H16F3N3O3. The van der Waals surface area contributed by atoms with Crippen molar-refractivity contribution >= 4 is 23.2 Å². The molecule has 9 heteroatoms. The van der Waals surface area contributed by atoms with Crippen LogP contribution in [0.5, 0.6) is 5.75 Å². The van der Waals surface area contributed by atoms with Crippen LogP contribution in [0.4, 0.5) is 18.9 Å². The third kappa shape index (κ3) is 6.14. The molecule has 0 radical (unpaired) electrons. The highest BCUT2D eigenvalue weighted by Crippen LogP contribution is 2.30. The van der Waals surface area contributed by atoms with Crippen molar-refractivity contribution in [1.29, 1.82) is 0 Å². The summed E-state index contributed by atoms with van der Waals surface area (Å²) < 4.78 is 38.0. The molecule has 0 aliphatic heterocycles. The first-order valence-corrected chi connectivity index (χ1v) is 7.75. The molecule has 2 rings (SSSR count). The van der Waals surface area contributed by atoms with Gasteiger partial charge in [-0.2, -0.15) is 18.3 Å². The van der Waals surface area contributed by atoms with Crippen molar-refractivity contribution in [3.05, 3.63) is 59.7 Å². The highest BCUT2D eigenvalue weighted by molar-refractivity contribution is 6.06. The van der Waals surface area contributed by atoms with Crippen molar-refractivity contribution < 1.29 is 27.9 Å². The topological polar surface area (TPSA) is 90.8 Å². The van der Waals surface area contributed by atoms with Crippen LogP contribution in [-0.4, -0.2) is 22.6 Å². The fraction of sp³-hybridized carbons (Fsp3) is 0.167. The van der Waals surface area contributed by atoms with Gasteiger partial charge in [0.1, 0.15) is 5.75 Å². The summed E-state index contributed by atoms with van der Waals surface area (Å²) in [4.78, 5) is 23.8. The maximum Gasteiger partial charge on any atom is 0.416 e. The first kappa shape index (κ1) is 20.0. The summed E-state index contributed by atoms with van der Waals surface area (Å²) in [6.07, 6.45) is -4.73. The molecule has 0 spiro atoms. The predicted octanol–water partition coefficient (Wildman–Crippen LogP) is 3.55. The smallest absolute Gasteiger partial charge is 0.416 e. The number of hydrogen-bond donors (Lipinski definition) is 3. The van der Waals surface area contributed by atoms with E-state index in [0.29, 0.717) is 0 Å². The van der Waals surface area contributed by atoms with E-state index in [9.17, 15) is 27.9 Å². The summed E-state index contributed by atoms with van der Waals surface area (Å²) in [5, 5.41) is 15.4. The van der Waals surface area contributed by atoms with Crippen LogP contribution < -0.4 is 10.7 Å². The van der Waals surface area contributed by atoms with E-state index < -0.39 is 23.6 Å². The monoisotopic (exact) mass is 379 g/mol. The molecule has 2 aromatic carbocycles. The molecule has 2 aromatic rings. The van der Waals surface area contributed by atoms with Gasteiger partial charge in [0.25, 0.3) is 5.91 Å². The van der Waals surface area contributed by atoms with Gasteiger partial charge >= 0.3 is 6.18 Å². The average Bonchev–Trinajstić information content (AvgIpc) is 2.59. The average molecular weight is 379 g/mol. The van der Waals surface area contributed by atoms with Crippen LogP contribution in [0, 0.1) is 0 Å². The SMILES string of the molecule is CC(CC(=O)Nc1cccc(C(F)(F)F)c1)=NNC(=O)c1cccc(O)c1. The number of carbonyl (C=O) groups excluding carboxylic acids is 2. The number of hydrogen-bond acceptors (Lipinski definition) is 4. The molecule has 0 fully saturated rings. The van der Waals surface area contributed by atoms with Crippen LogP contribution >= 0.6 is 0 Å². The van der Waals surface area contributed by atoms with Crippen molar-refractivity contribution in [3.8, 4) is 5.75 Å². The lowest BCUT2D eigenvalue weighted by molar-refractivity contribution is -0.137. The summed E-state index contributed by atoms with van der Waals surface area (Å²) >= 11 is 0. The van der Waals surface area contributed by atoms with Crippen LogP contribution in [0.15, 0.2) is 53.6 Å². The normalized spacial score (nSPS) is 11.8. The molecule has 142 valence electrons. The molecule has 27 heavy (non-hydrogen) atoms. The number of anilines is 1. The number of carbonyl (C=O) groups is 2. The first-order chi connectivity index (χ1) is 12.6. The second-order valence-electron chi connectivity index (χ2n) is 5.64. The van der Waals surface area contributed by atoms with Crippen LogP contribution in [0.2, 0.25) is 0 Å². The molecule has 0 saturated carbocycles. The molecule has 6 nitrogen and oxygen atoms in total. The maximum atomic E-state index is 12.7. The van der Waals surface area contributed by atoms with E-state index in [1.807, 2.05) is 0 Å². The zero-order valence-electron chi connectivity index (χ0n) is 14.2. The van der Waals surface area contributed by atoms with Crippen molar-refractivity contribution in [2.75, 3.05) is 5.32 Å². The van der Waals surface area contributed by atoms with Crippen molar-refractivity contribution in [2.24, 2.45) is 5.10 Å². The van der Waals surface area contributed by atoms with E-state index in [-0.39, 0.29) is 29.1 Å². The predicted molar refractivity (Wildman–Crippen MR) is 93.4 cm³/mol. The van der Waals surface area contributed by atoms with E-state index in [2.05, 4.69) is 15.8 Å². The summed E-state index contributed by atoms with van der Waals surface area (Å²) in [7, 11) is 0. The third-order valence-corrected chi connectivity index (χ3v) is 3.35. The van der Waals surface area contributed by atoms with Gasteiger partial charge in [0.15, 0.2) is 0 Å². The lowest BCUT2D eigenvalue weighted by Crippen LogP contribution is -2.21. The standard InChI is InChI=1S/C18H16F3N3O3/c1-11(23-24-17(27)12-4-2-7-15(25)9-12)8-16(26)22-14-6-3-5-13(10-14)18(19,20)21/h2-7,9-10,25H,8H2,1H3,(H,22,26)(H,24,27). The van der Waals surface area contributed by atoms with Gasteiger partial charge in [-0.25, -0.2) is 5.43 Å². The number of nitrogens with one attached hydrogen (secondary N) is 2. The van der Waals surface area contributed by atoms with Crippen LogP contribution in [-0.2, 0) is 11.0 Å². The number of nitrogens with zero attached hydrogens (tertiary/aromatic N) is 1. The van der Waals surface area contributed by atoms with Gasteiger partial charge in [-0.3, -0.25) is 9.59 Å². The Labute approximate surface area is 152 Å². The second kappa shape index (κ2) is 8.35. The Hall–Kier alpha value is -3.36. The summed E-state index contributed by atoms with van der Waals surface area (Å²) in [5.41, 5.74) is 1.79. The van der Waals surface area contributed by atoms with E-state index in [1.54, 1.807) is 0 Å². The first-order valence-electron chi connectivity index (χ1n) is 7.75. The Kier molecular flexibility index (Phi) is 6.17. The molecular weight excluding hydrogens is 363 g/mol. The van der Waals surface area contributed by atoms with Gasteiger partial charge in [-0.15, -0.1) is 0 Å². The van der Waals surface area contributed by atoms with Crippen molar-refractivity contribution in [1.82, 2.24) is 5.43 Å². The Morgan fingerprint density at radius 3 is 2.48 bits per heavy atom. The molecule has 0 aliphatic rings. The molecule has 0 heterocycles. The largest absolute Gasteiger partial charge is 0.508 e. The molecule has 0 atom stereocenters. The maximum absolute atomic E-state index is 12.7. The van der Waals surface area contributed by atoms with Crippen molar-refractivity contribution in [2.45, 2.75) is 19.5 Å². The number of phenolic OH excluding ortho intramolecular Hbond substituents is 1. The Bertz CT molecular complexity index is 879. The third-order valence-electron chi connectivity index (χ3n) is 3.35. The number of benzene rings is 2. The van der Waals surface area contributed by atoms with Crippen LogP contribution in [0.1, 0.15) is 29.3 Å². The number of halogens is 3. The lowest BCUT2D eigenvalue weighted by Gasteiger charge is -2.10. The second-order valence-corrected chi connectivity index (χ2v) is 5.64. The quantitative estimate of drug-likeness (QED) is 0.548. The molecule has 0 aromatic heterocycles. The van der Waals surface area contributed by atoms with E-state index >= 15 is 0 Å². The fourth-order valence-corrected chi connectivity index (χ4v) is 2.11. The molecule has 0 bridgehead atoms. The number of aromatic hydroxyl groups is 1. The van der Waals surface area contributed by atoms with Gasteiger partial charge in [0, 0.05) is 17.0 Å². The molecule has 0 aliphatic carbocycles.